The second-order valence-electron chi connectivity index (χ2n) is 5.07. The fourth-order valence-electron chi connectivity index (χ4n) is 2.37. The summed E-state index contributed by atoms with van der Waals surface area (Å²) in [6.07, 6.45) is 2.23. The number of nitrogens with two attached hydrogens (primary N) is 1. The van der Waals surface area contributed by atoms with Gasteiger partial charge in [0, 0.05) is 25.1 Å². The fraction of sp³-hybridized carbons (Fsp3) is 0.429. The van der Waals surface area contributed by atoms with Crippen LogP contribution in [0.1, 0.15) is 24.7 Å². The lowest BCUT2D eigenvalue weighted by Gasteiger charge is -2.17. The summed E-state index contributed by atoms with van der Waals surface area (Å²) in [6.45, 7) is 3.84. The topological polar surface area (TPSA) is 56.7 Å². The van der Waals surface area contributed by atoms with Crippen molar-refractivity contribution in [1.82, 2.24) is 14.8 Å². The molecule has 4 heteroatoms. The zero-order valence-electron chi connectivity index (χ0n) is 10.6. The molecule has 1 aromatic carbocycles. The minimum Gasteiger partial charge on any atom is -0.326 e. The van der Waals surface area contributed by atoms with E-state index in [1.165, 1.54) is 6.42 Å². The summed E-state index contributed by atoms with van der Waals surface area (Å²) in [5.74, 6) is 2.67. The number of aryl methyl sites for hydroxylation is 1. The predicted molar refractivity (Wildman–Crippen MR) is 70.8 cm³/mol. The molecule has 1 aliphatic heterocycles. The van der Waals surface area contributed by atoms with Gasteiger partial charge in [0.2, 0.25) is 0 Å². The Bertz CT molecular complexity index is 541. The molecule has 0 fully saturated rings. The molecule has 0 bridgehead atoms. The monoisotopic (exact) mass is 242 g/mol. The molecule has 0 amide bonds. The number of benzene rings is 1. The van der Waals surface area contributed by atoms with Gasteiger partial charge in [-0.1, -0.05) is 31.2 Å². The Morgan fingerprint density at radius 1 is 1.33 bits per heavy atom. The van der Waals surface area contributed by atoms with Gasteiger partial charge in [0.25, 0.3) is 0 Å². The maximum atomic E-state index is 5.60. The Labute approximate surface area is 107 Å². The van der Waals surface area contributed by atoms with Gasteiger partial charge in [-0.15, -0.1) is 0 Å². The van der Waals surface area contributed by atoms with E-state index in [0.29, 0.717) is 12.5 Å². The number of hydrogen-bond acceptors (Lipinski definition) is 3. The van der Waals surface area contributed by atoms with Crippen LogP contribution in [0.4, 0.5) is 0 Å². The summed E-state index contributed by atoms with van der Waals surface area (Å²) in [5, 5.41) is 4.59. The number of rotatable bonds is 2. The smallest absolute Gasteiger partial charge is 0.181 e. The summed E-state index contributed by atoms with van der Waals surface area (Å²) >= 11 is 0. The average molecular weight is 242 g/mol. The second-order valence-corrected chi connectivity index (χ2v) is 5.07. The standard InChI is InChI=1S/C14H18N4/c1-10-6-7-18-13(8-10)16-14(17-18)12-4-2-11(9-15)3-5-12/h2-5,10H,6-9,15H2,1H3. The highest BCUT2D eigenvalue weighted by Gasteiger charge is 2.19. The van der Waals surface area contributed by atoms with Crippen molar-refractivity contribution >= 4 is 0 Å². The Morgan fingerprint density at radius 2 is 2.11 bits per heavy atom. The minimum absolute atomic E-state index is 0.574. The SMILES string of the molecule is CC1CCn2nc(-c3ccc(CN)cc3)nc2C1. The van der Waals surface area contributed by atoms with Gasteiger partial charge in [-0.05, 0) is 17.9 Å². The number of hydrogen-bond donors (Lipinski definition) is 1. The first kappa shape index (κ1) is 11.4. The highest BCUT2D eigenvalue weighted by Crippen LogP contribution is 2.22. The molecule has 94 valence electrons. The number of fused-ring (bicyclic) bond motifs is 1. The van der Waals surface area contributed by atoms with E-state index >= 15 is 0 Å². The molecule has 2 N–H and O–H groups in total. The molecule has 4 nitrogen and oxygen atoms in total. The Morgan fingerprint density at radius 3 is 2.83 bits per heavy atom. The first-order chi connectivity index (χ1) is 8.76. The van der Waals surface area contributed by atoms with Crippen molar-refractivity contribution in [1.29, 1.82) is 0 Å². The van der Waals surface area contributed by atoms with E-state index in [9.17, 15) is 0 Å². The Balaban J connectivity index is 1.92. The van der Waals surface area contributed by atoms with Crippen molar-refractivity contribution < 1.29 is 0 Å². The van der Waals surface area contributed by atoms with Crippen molar-refractivity contribution in [3.05, 3.63) is 35.7 Å². The van der Waals surface area contributed by atoms with Crippen LogP contribution < -0.4 is 5.73 Å². The lowest BCUT2D eigenvalue weighted by molar-refractivity contribution is 0.386. The van der Waals surface area contributed by atoms with E-state index < -0.39 is 0 Å². The molecule has 1 aromatic heterocycles. The van der Waals surface area contributed by atoms with Gasteiger partial charge in [-0.2, -0.15) is 5.10 Å². The molecule has 3 rings (SSSR count). The Kier molecular flexibility index (Phi) is 2.88. The average Bonchev–Trinajstić information content (AvgIpc) is 2.81. The van der Waals surface area contributed by atoms with Crippen LogP contribution in [0.25, 0.3) is 11.4 Å². The highest BCUT2D eigenvalue weighted by atomic mass is 15.3. The normalized spacial score (nSPS) is 18.7. The zero-order valence-corrected chi connectivity index (χ0v) is 10.6. The lowest BCUT2D eigenvalue weighted by atomic mass is 10.0. The molecule has 1 atom stereocenters. The van der Waals surface area contributed by atoms with E-state index in [1.807, 2.05) is 28.9 Å². The Hall–Kier alpha value is -1.68. The summed E-state index contributed by atoms with van der Waals surface area (Å²) in [7, 11) is 0. The second kappa shape index (κ2) is 4.53. The molecule has 0 aliphatic carbocycles. The van der Waals surface area contributed by atoms with E-state index in [-0.39, 0.29) is 0 Å². The van der Waals surface area contributed by atoms with Gasteiger partial charge in [0.05, 0.1) is 0 Å². The fourth-order valence-corrected chi connectivity index (χ4v) is 2.37. The molecule has 0 radical (unpaired) electrons. The maximum absolute atomic E-state index is 5.60. The predicted octanol–water partition coefficient (Wildman–Crippen LogP) is 1.99. The van der Waals surface area contributed by atoms with Gasteiger partial charge in [-0.3, -0.25) is 0 Å². The third kappa shape index (κ3) is 2.04. The van der Waals surface area contributed by atoms with Crippen LogP contribution in [0.3, 0.4) is 0 Å². The van der Waals surface area contributed by atoms with E-state index in [4.69, 9.17) is 5.73 Å². The quantitative estimate of drug-likeness (QED) is 0.876. The third-order valence-electron chi connectivity index (χ3n) is 3.56. The number of aromatic nitrogens is 3. The highest BCUT2D eigenvalue weighted by molar-refractivity contribution is 5.55. The van der Waals surface area contributed by atoms with Gasteiger partial charge in [-0.25, -0.2) is 9.67 Å². The van der Waals surface area contributed by atoms with Crippen molar-refractivity contribution in [2.45, 2.75) is 32.9 Å². The molecule has 1 aliphatic rings. The maximum Gasteiger partial charge on any atom is 0.181 e. The molecule has 0 saturated carbocycles. The molecule has 1 unspecified atom stereocenters. The van der Waals surface area contributed by atoms with Gasteiger partial charge >= 0.3 is 0 Å². The largest absolute Gasteiger partial charge is 0.326 e. The minimum atomic E-state index is 0.574. The van der Waals surface area contributed by atoms with Crippen LogP contribution in [0.15, 0.2) is 24.3 Å². The summed E-state index contributed by atoms with van der Waals surface area (Å²) in [5.41, 5.74) is 7.80. The summed E-state index contributed by atoms with van der Waals surface area (Å²) < 4.78 is 2.05. The summed E-state index contributed by atoms with van der Waals surface area (Å²) in [4.78, 5) is 4.65. The molecular formula is C14H18N4. The number of nitrogens with zero attached hydrogens (tertiary/aromatic N) is 3. The zero-order chi connectivity index (χ0) is 12.5. The molecule has 18 heavy (non-hydrogen) atoms. The van der Waals surface area contributed by atoms with Crippen LogP contribution in [-0.4, -0.2) is 14.8 Å². The third-order valence-corrected chi connectivity index (χ3v) is 3.56. The van der Waals surface area contributed by atoms with Gasteiger partial charge in [0.1, 0.15) is 5.82 Å². The first-order valence-electron chi connectivity index (χ1n) is 6.49. The van der Waals surface area contributed by atoms with Crippen LogP contribution >= 0.6 is 0 Å². The van der Waals surface area contributed by atoms with Gasteiger partial charge < -0.3 is 5.73 Å². The van der Waals surface area contributed by atoms with Crippen LogP contribution in [0.2, 0.25) is 0 Å². The summed E-state index contributed by atoms with van der Waals surface area (Å²) in [6, 6.07) is 8.18. The van der Waals surface area contributed by atoms with Crippen molar-refractivity contribution in [2.75, 3.05) is 0 Å². The molecule has 0 saturated heterocycles. The van der Waals surface area contributed by atoms with E-state index in [1.54, 1.807) is 0 Å². The van der Waals surface area contributed by atoms with Crippen molar-refractivity contribution in [2.24, 2.45) is 11.7 Å². The van der Waals surface area contributed by atoms with Crippen LogP contribution in [0, 0.1) is 5.92 Å². The van der Waals surface area contributed by atoms with E-state index in [0.717, 1.165) is 35.7 Å². The van der Waals surface area contributed by atoms with Gasteiger partial charge in [0.15, 0.2) is 5.82 Å². The molecule has 2 aromatic rings. The van der Waals surface area contributed by atoms with Crippen molar-refractivity contribution in [3.8, 4) is 11.4 Å². The lowest BCUT2D eigenvalue weighted by Crippen LogP contribution is -2.18. The van der Waals surface area contributed by atoms with Crippen molar-refractivity contribution in [3.63, 3.8) is 0 Å². The molecule has 2 heterocycles. The molecular weight excluding hydrogens is 224 g/mol. The molecule has 0 spiro atoms. The van der Waals surface area contributed by atoms with Crippen LogP contribution in [0.5, 0.6) is 0 Å². The van der Waals surface area contributed by atoms with E-state index in [2.05, 4.69) is 17.0 Å². The van der Waals surface area contributed by atoms with Crippen LogP contribution in [-0.2, 0) is 19.5 Å². The first-order valence-corrected chi connectivity index (χ1v) is 6.49.